The molecule has 0 aliphatic rings. The van der Waals surface area contributed by atoms with Gasteiger partial charge in [-0.25, -0.2) is 0 Å². The number of nitrogens with one attached hydrogen (secondary N) is 1. The number of halogens is 1. The molecule has 1 aromatic heterocycles. The molecular formula is C11H18BrN3O. The molecule has 0 bridgehead atoms. The van der Waals surface area contributed by atoms with Gasteiger partial charge in [0.2, 0.25) is 0 Å². The molecular weight excluding hydrogens is 270 g/mol. The summed E-state index contributed by atoms with van der Waals surface area (Å²) in [6, 6.07) is 1.81. The van der Waals surface area contributed by atoms with E-state index in [0.717, 1.165) is 11.0 Å². The molecule has 0 fully saturated rings. The van der Waals surface area contributed by atoms with Crippen molar-refractivity contribution < 1.29 is 4.79 Å². The number of nitrogens with zero attached hydrogens (tertiary/aromatic N) is 1. The summed E-state index contributed by atoms with van der Waals surface area (Å²) in [5.41, 5.74) is 6.07. The summed E-state index contributed by atoms with van der Waals surface area (Å²) in [6.45, 7) is 6.97. The molecule has 16 heavy (non-hydrogen) atoms. The maximum Gasteiger partial charge on any atom is 0.268 e. The predicted octanol–water partition coefficient (Wildman–Crippen LogP) is 1.74. The Morgan fingerprint density at radius 1 is 1.62 bits per heavy atom. The molecule has 1 amide bonds. The first-order valence-corrected chi connectivity index (χ1v) is 6.05. The molecule has 0 aromatic carbocycles. The fraction of sp³-hybridized carbons (Fsp3) is 0.545. The number of aryl methyl sites for hydroxylation is 1. The van der Waals surface area contributed by atoms with Crippen LogP contribution in [0.5, 0.6) is 0 Å². The number of nitrogens with two attached hydrogens (primary N) is 1. The molecule has 4 nitrogen and oxygen atoms in total. The van der Waals surface area contributed by atoms with Gasteiger partial charge in [-0.15, -0.1) is 0 Å². The fourth-order valence-electron chi connectivity index (χ4n) is 1.33. The second-order valence-electron chi connectivity index (χ2n) is 4.50. The van der Waals surface area contributed by atoms with Crippen LogP contribution in [0.15, 0.2) is 16.7 Å². The highest BCUT2D eigenvalue weighted by Crippen LogP contribution is 2.14. The molecule has 0 aliphatic carbocycles. The first-order chi connectivity index (χ1) is 7.33. The van der Waals surface area contributed by atoms with E-state index in [0.29, 0.717) is 12.2 Å². The van der Waals surface area contributed by atoms with Crippen LogP contribution in [0, 0.1) is 0 Å². The van der Waals surface area contributed by atoms with E-state index in [9.17, 15) is 4.79 Å². The minimum Gasteiger partial charge on any atom is -0.349 e. The van der Waals surface area contributed by atoms with Crippen LogP contribution in [0.3, 0.4) is 0 Å². The lowest BCUT2D eigenvalue weighted by Crippen LogP contribution is -2.45. The molecule has 0 saturated carbocycles. The second-order valence-corrected chi connectivity index (χ2v) is 5.42. The zero-order chi connectivity index (χ0) is 12.3. The normalized spacial score (nSPS) is 11.6. The lowest BCUT2D eigenvalue weighted by atomic mass is 10.1. The second kappa shape index (κ2) is 5.01. The van der Waals surface area contributed by atoms with Crippen molar-refractivity contribution in [3.05, 3.63) is 22.4 Å². The molecule has 1 rings (SSSR count). The Hall–Kier alpha value is -0.810. The van der Waals surface area contributed by atoms with Crippen LogP contribution in [-0.4, -0.2) is 22.6 Å². The molecule has 90 valence electrons. The highest BCUT2D eigenvalue weighted by molar-refractivity contribution is 9.10. The molecule has 0 saturated heterocycles. The van der Waals surface area contributed by atoms with E-state index >= 15 is 0 Å². The Bertz CT molecular complexity index is 379. The van der Waals surface area contributed by atoms with Crippen molar-refractivity contribution in [2.24, 2.45) is 5.73 Å². The van der Waals surface area contributed by atoms with Crippen LogP contribution in [0.2, 0.25) is 0 Å². The van der Waals surface area contributed by atoms with Crippen LogP contribution in [0.1, 0.15) is 31.3 Å². The Morgan fingerprint density at radius 2 is 2.25 bits per heavy atom. The van der Waals surface area contributed by atoms with Crippen molar-refractivity contribution in [1.82, 2.24) is 9.88 Å². The van der Waals surface area contributed by atoms with Crippen molar-refractivity contribution in [2.45, 2.75) is 32.9 Å². The van der Waals surface area contributed by atoms with Gasteiger partial charge in [0.05, 0.1) is 0 Å². The number of rotatable bonds is 4. The summed E-state index contributed by atoms with van der Waals surface area (Å²) in [5, 5.41) is 2.82. The molecule has 0 radical (unpaired) electrons. The van der Waals surface area contributed by atoms with Crippen molar-refractivity contribution in [2.75, 3.05) is 6.54 Å². The average molecular weight is 288 g/mol. The summed E-state index contributed by atoms with van der Waals surface area (Å²) in [7, 11) is 0. The summed E-state index contributed by atoms with van der Waals surface area (Å²) < 4.78 is 2.80. The first-order valence-electron chi connectivity index (χ1n) is 5.26. The summed E-state index contributed by atoms with van der Waals surface area (Å²) >= 11 is 3.36. The third kappa shape index (κ3) is 3.64. The Labute approximate surface area is 104 Å². The summed E-state index contributed by atoms with van der Waals surface area (Å²) in [5.74, 6) is -0.0916. The number of carbonyl (C=O) groups is 1. The van der Waals surface area contributed by atoms with Crippen LogP contribution >= 0.6 is 15.9 Å². The van der Waals surface area contributed by atoms with Crippen molar-refractivity contribution in [3.8, 4) is 0 Å². The Kier molecular flexibility index (Phi) is 4.15. The minimum atomic E-state index is -0.392. The maximum atomic E-state index is 11.9. The minimum absolute atomic E-state index is 0.0916. The molecule has 0 atom stereocenters. The smallest absolute Gasteiger partial charge is 0.268 e. The molecule has 0 spiro atoms. The lowest BCUT2D eigenvalue weighted by molar-refractivity contribution is 0.0937. The van der Waals surface area contributed by atoms with Crippen LogP contribution in [0.4, 0.5) is 0 Å². The van der Waals surface area contributed by atoms with Crippen LogP contribution in [-0.2, 0) is 6.54 Å². The number of aromatic nitrogens is 1. The van der Waals surface area contributed by atoms with Gasteiger partial charge in [0.1, 0.15) is 5.69 Å². The number of hydrogen-bond donors (Lipinski definition) is 2. The third-order valence-electron chi connectivity index (χ3n) is 2.14. The summed E-state index contributed by atoms with van der Waals surface area (Å²) in [4.78, 5) is 11.9. The van der Waals surface area contributed by atoms with Gasteiger partial charge in [-0.1, -0.05) is 0 Å². The molecule has 0 unspecified atom stereocenters. The van der Waals surface area contributed by atoms with Gasteiger partial charge in [-0.3, -0.25) is 4.79 Å². The highest BCUT2D eigenvalue weighted by Gasteiger charge is 2.16. The van der Waals surface area contributed by atoms with Gasteiger partial charge in [0.25, 0.3) is 5.91 Å². The zero-order valence-electron chi connectivity index (χ0n) is 9.88. The van der Waals surface area contributed by atoms with Gasteiger partial charge in [-0.05, 0) is 42.8 Å². The van der Waals surface area contributed by atoms with E-state index in [1.165, 1.54) is 0 Å². The molecule has 3 N–H and O–H groups in total. The predicted molar refractivity (Wildman–Crippen MR) is 68.4 cm³/mol. The van der Waals surface area contributed by atoms with Gasteiger partial charge >= 0.3 is 0 Å². The molecule has 1 aromatic rings. The van der Waals surface area contributed by atoms with Crippen molar-refractivity contribution in [3.63, 3.8) is 0 Å². The number of amides is 1. The van der Waals surface area contributed by atoms with E-state index in [2.05, 4.69) is 21.2 Å². The topological polar surface area (TPSA) is 60.0 Å². The zero-order valence-corrected chi connectivity index (χ0v) is 11.5. The van der Waals surface area contributed by atoms with E-state index in [1.54, 1.807) is 0 Å². The van der Waals surface area contributed by atoms with Gasteiger partial charge in [0.15, 0.2) is 0 Å². The number of hydrogen-bond acceptors (Lipinski definition) is 2. The summed E-state index contributed by atoms with van der Waals surface area (Å²) in [6.07, 6.45) is 1.89. The first kappa shape index (κ1) is 13.3. The largest absolute Gasteiger partial charge is 0.349 e. The maximum absolute atomic E-state index is 11.9. The van der Waals surface area contributed by atoms with Gasteiger partial charge < -0.3 is 15.6 Å². The quantitative estimate of drug-likeness (QED) is 0.886. The molecule has 5 heteroatoms. The van der Waals surface area contributed by atoms with E-state index in [1.807, 2.05) is 37.6 Å². The Balaban J connectivity index is 2.73. The fourth-order valence-corrected chi connectivity index (χ4v) is 1.79. The van der Waals surface area contributed by atoms with Crippen molar-refractivity contribution in [1.29, 1.82) is 0 Å². The average Bonchev–Trinajstić information content (AvgIpc) is 2.55. The standard InChI is InChI=1S/C11H18BrN3O/c1-4-15-6-8(12)5-9(15)10(16)14-7-11(2,3)13/h5-6H,4,7,13H2,1-3H3,(H,14,16). The van der Waals surface area contributed by atoms with E-state index < -0.39 is 5.54 Å². The highest BCUT2D eigenvalue weighted by atomic mass is 79.9. The van der Waals surface area contributed by atoms with Crippen LogP contribution < -0.4 is 11.1 Å². The Morgan fingerprint density at radius 3 is 2.75 bits per heavy atom. The molecule has 0 aliphatic heterocycles. The SMILES string of the molecule is CCn1cc(Br)cc1C(=O)NCC(C)(C)N. The van der Waals surface area contributed by atoms with E-state index in [4.69, 9.17) is 5.73 Å². The third-order valence-corrected chi connectivity index (χ3v) is 2.57. The van der Waals surface area contributed by atoms with Gasteiger partial charge in [-0.2, -0.15) is 0 Å². The monoisotopic (exact) mass is 287 g/mol. The van der Waals surface area contributed by atoms with E-state index in [-0.39, 0.29) is 5.91 Å². The van der Waals surface area contributed by atoms with Gasteiger partial charge in [0, 0.05) is 29.3 Å². The lowest BCUT2D eigenvalue weighted by Gasteiger charge is -2.19. The number of carbonyl (C=O) groups excluding carboxylic acids is 1. The van der Waals surface area contributed by atoms with Crippen LogP contribution in [0.25, 0.3) is 0 Å². The van der Waals surface area contributed by atoms with Crippen molar-refractivity contribution >= 4 is 21.8 Å². The molecule has 1 heterocycles.